The number of ether oxygens (including phenoxy) is 1. The van der Waals surface area contributed by atoms with Crippen molar-refractivity contribution in [3.8, 4) is 28.1 Å². The van der Waals surface area contributed by atoms with E-state index in [2.05, 4.69) is 49.6 Å². The average Bonchev–Trinajstić information content (AvgIpc) is 2.99. The normalized spacial score (nSPS) is 14.4. The number of aromatic hydroxyl groups is 1. The highest BCUT2D eigenvalue weighted by Gasteiger charge is 2.18. The molecule has 44 heavy (non-hydrogen) atoms. The minimum Gasteiger partial charge on any atom is -0.507 e. The van der Waals surface area contributed by atoms with Gasteiger partial charge in [-0.1, -0.05) is 68.5 Å². The molecule has 1 aromatic heterocycles. The summed E-state index contributed by atoms with van der Waals surface area (Å²) in [6.45, 7) is 12.9. The first kappa shape index (κ1) is 33.2. The van der Waals surface area contributed by atoms with Gasteiger partial charge in [-0.25, -0.2) is 4.79 Å². The van der Waals surface area contributed by atoms with Gasteiger partial charge in [-0.05, 0) is 69.5 Å². The molecule has 0 unspecified atom stereocenters. The summed E-state index contributed by atoms with van der Waals surface area (Å²) < 4.78 is 5.26. The first-order chi connectivity index (χ1) is 21.2. The molecule has 0 atom stereocenters. The Morgan fingerprint density at radius 2 is 1.50 bits per heavy atom. The third kappa shape index (κ3) is 10.8. The van der Waals surface area contributed by atoms with Gasteiger partial charge >= 0.3 is 6.09 Å². The van der Waals surface area contributed by atoms with Crippen LogP contribution in [0.25, 0.3) is 22.4 Å². The molecule has 9 nitrogen and oxygen atoms in total. The molecule has 4 rings (SSSR count). The molecule has 1 saturated heterocycles. The number of amides is 1. The molecule has 3 aromatic rings. The summed E-state index contributed by atoms with van der Waals surface area (Å²) in [7, 11) is 0. The first-order valence-electron chi connectivity index (χ1n) is 16.1. The van der Waals surface area contributed by atoms with Crippen LogP contribution in [0.15, 0.2) is 54.6 Å². The molecule has 1 amide bonds. The van der Waals surface area contributed by atoms with Crippen molar-refractivity contribution in [3.63, 3.8) is 0 Å². The van der Waals surface area contributed by atoms with E-state index in [9.17, 15) is 9.90 Å². The molecule has 0 radical (unpaired) electrons. The number of carbonyl (C=O) groups is 1. The zero-order chi connectivity index (χ0) is 31.4. The van der Waals surface area contributed by atoms with Crippen LogP contribution in [-0.2, 0) is 11.3 Å². The summed E-state index contributed by atoms with van der Waals surface area (Å²) in [6.07, 6.45) is 8.16. The van der Waals surface area contributed by atoms with E-state index in [-0.39, 0.29) is 11.8 Å². The number of nitrogens with one attached hydrogen (secondary N) is 1. The maximum absolute atomic E-state index is 11.7. The van der Waals surface area contributed by atoms with E-state index in [1.165, 1.54) is 44.2 Å². The highest BCUT2D eigenvalue weighted by atomic mass is 16.6. The van der Waals surface area contributed by atoms with Gasteiger partial charge in [0.25, 0.3) is 0 Å². The lowest BCUT2D eigenvalue weighted by Gasteiger charge is -2.34. The average molecular weight is 603 g/mol. The molecular formula is C35H50N6O3. The Morgan fingerprint density at radius 3 is 2.18 bits per heavy atom. The van der Waals surface area contributed by atoms with E-state index >= 15 is 0 Å². The first-order valence-corrected chi connectivity index (χ1v) is 16.1. The molecule has 4 N–H and O–H groups in total. The van der Waals surface area contributed by atoms with Crippen LogP contribution in [0.5, 0.6) is 5.75 Å². The van der Waals surface area contributed by atoms with Gasteiger partial charge in [0.15, 0.2) is 5.82 Å². The number of phenols is 1. The van der Waals surface area contributed by atoms with Crippen LogP contribution in [0, 0.1) is 0 Å². The minimum absolute atomic E-state index is 0.169. The summed E-state index contributed by atoms with van der Waals surface area (Å²) in [5.41, 5.74) is 10.0. The van der Waals surface area contributed by atoms with Crippen molar-refractivity contribution in [2.24, 2.45) is 0 Å². The number of phenolic OH excluding ortho intramolecular Hbond substituents is 1. The number of rotatable bonds is 14. The summed E-state index contributed by atoms with van der Waals surface area (Å²) >= 11 is 0. The van der Waals surface area contributed by atoms with Crippen LogP contribution < -0.4 is 11.1 Å². The Balaban J connectivity index is 1.09. The lowest BCUT2D eigenvalue weighted by molar-refractivity contribution is 0.0527. The van der Waals surface area contributed by atoms with Crippen molar-refractivity contribution in [1.29, 1.82) is 0 Å². The van der Waals surface area contributed by atoms with E-state index < -0.39 is 5.60 Å². The van der Waals surface area contributed by atoms with E-state index in [0.29, 0.717) is 23.6 Å². The molecule has 1 fully saturated rings. The summed E-state index contributed by atoms with van der Waals surface area (Å²) in [4.78, 5) is 16.8. The quantitative estimate of drug-likeness (QED) is 0.180. The molecular weight excluding hydrogens is 552 g/mol. The molecule has 0 aliphatic carbocycles. The highest BCUT2D eigenvalue weighted by molar-refractivity contribution is 5.79. The number of benzene rings is 2. The Morgan fingerprint density at radius 1 is 0.864 bits per heavy atom. The molecule has 9 heteroatoms. The minimum atomic E-state index is -0.441. The number of hydrogen-bond acceptors (Lipinski definition) is 8. The molecule has 0 saturated carbocycles. The van der Waals surface area contributed by atoms with Crippen LogP contribution in [0.2, 0.25) is 0 Å². The third-order valence-corrected chi connectivity index (χ3v) is 7.96. The maximum Gasteiger partial charge on any atom is 0.407 e. The highest BCUT2D eigenvalue weighted by Crippen LogP contribution is 2.32. The molecule has 238 valence electrons. The maximum atomic E-state index is 11.7. The summed E-state index contributed by atoms with van der Waals surface area (Å²) in [6, 6.07) is 17.5. The standard InChI is InChI=1S/C35H50N6O3/c1-35(2,3)44-34(43)37-19-11-7-5-4-6-8-12-20-40-21-23-41(24-22-40)26-27-15-17-28(18-16-27)30-25-31(38-39-33(30)36)29-13-9-10-14-32(29)42/h9-10,13-18,25,42H,4-8,11-12,19-24,26H2,1-3H3,(H2,36,39)(H,37,43). The number of anilines is 1. The van der Waals surface area contributed by atoms with Gasteiger partial charge < -0.3 is 25.8 Å². The van der Waals surface area contributed by atoms with Crippen molar-refractivity contribution in [2.45, 2.75) is 77.9 Å². The van der Waals surface area contributed by atoms with Gasteiger partial charge in [-0.15, -0.1) is 10.2 Å². The van der Waals surface area contributed by atoms with Crippen LogP contribution >= 0.6 is 0 Å². The lowest BCUT2D eigenvalue weighted by Crippen LogP contribution is -2.46. The van der Waals surface area contributed by atoms with Crippen LogP contribution in [0.3, 0.4) is 0 Å². The molecule has 2 heterocycles. The number of aromatic nitrogens is 2. The largest absolute Gasteiger partial charge is 0.507 e. The number of piperazine rings is 1. The van der Waals surface area contributed by atoms with Gasteiger partial charge in [-0.2, -0.15) is 0 Å². The van der Waals surface area contributed by atoms with Crippen molar-refractivity contribution in [1.82, 2.24) is 25.3 Å². The number of para-hydroxylation sites is 1. The SMILES string of the molecule is CC(C)(C)OC(=O)NCCCCCCCCCN1CCN(Cc2ccc(-c3cc(-c4ccccc4O)nnc3N)cc2)CC1. The Kier molecular flexibility index (Phi) is 12.4. The number of carbonyl (C=O) groups excluding carboxylic acids is 1. The summed E-state index contributed by atoms with van der Waals surface area (Å²) in [5.74, 6) is 0.542. The van der Waals surface area contributed by atoms with Gasteiger partial charge in [0.05, 0.1) is 5.69 Å². The van der Waals surface area contributed by atoms with Crippen LogP contribution in [-0.4, -0.2) is 76.1 Å². The van der Waals surface area contributed by atoms with Crippen molar-refractivity contribution >= 4 is 11.9 Å². The Labute approximate surface area is 262 Å². The van der Waals surface area contributed by atoms with Crippen LogP contribution in [0.4, 0.5) is 10.6 Å². The van der Waals surface area contributed by atoms with E-state index in [4.69, 9.17) is 10.5 Å². The molecule has 0 bridgehead atoms. The van der Waals surface area contributed by atoms with E-state index in [1.54, 1.807) is 12.1 Å². The zero-order valence-electron chi connectivity index (χ0n) is 26.7. The second-order valence-electron chi connectivity index (χ2n) is 12.8. The Bertz CT molecular complexity index is 1320. The fourth-order valence-electron chi connectivity index (χ4n) is 5.52. The smallest absolute Gasteiger partial charge is 0.407 e. The topological polar surface area (TPSA) is 117 Å². The predicted octanol–water partition coefficient (Wildman–Crippen LogP) is 6.47. The fraction of sp³-hybridized carbons (Fsp3) is 0.514. The number of unbranched alkanes of at least 4 members (excludes halogenated alkanes) is 6. The Hall–Kier alpha value is -3.69. The predicted molar refractivity (Wildman–Crippen MR) is 177 cm³/mol. The van der Waals surface area contributed by atoms with Gasteiger partial charge in [0.2, 0.25) is 0 Å². The number of nitrogen functional groups attached to an aromatic ring is 1. The number of alkyl carbamates (subject to hydrolysis) is 1. The molecule has 2 aromatic carbocycles. The summed E-state index contributed by atoms with van der Waals surface area (Å²) in [5, 5.41) is 21.4. The number of nitrogens with two attached hydrogens (primary N) is 1. The van der Waals surface area contributed by atoms with E-state index in [1.807, 2.05) is 39.0 Å². The second-order valence-corrected chi connectivity index (χ2v) is 12.8. The fourth-order valence-corrected chi connectivity index (χ4v) is 5.52. The molecule has 0 spiro atoms. The van der Waals surface area contributed by atoms with Crippen molar-refractivity contribution < 1.29 is 14.6 Å². The van der Waals surface area contributed by atoms with Gasteiger partial charge in [0.1, 0.15) is 11.4 Å². The monoisotopic (exact) mass is 602 g/mol. The lowest BCUT2D eigenvalue weighted by atomic mass is 10.0. The van der Waals surface area contributed by atoms with Crippen molar-refractivity contribution in [2.75, 3.05) is 45.0 Å². The number of hydrogen-bond donors (Lipinski definition) is 3. The number of nitrogens with zero attached hydrogens (tertiary/aromatic N) is 4. The van der Waals surface area contributed by atoms with Gasteiger partial charge in [-0.3, -0.25) is 4.90 Å². The molecule has 1 aliphatic rings. The second kappa shape index (κ2) is 16.4. The molecule has 1 aliphatic heterocycles. The van der Waals surface area contributed by atoms with Crippen LogP contribution in [0.1, 0.15) is 71.3 Å². The van der Waals surface area contributed by atoms with E-state index in [0.717, 1.165) is 56.7 Å². The van der Waals surface area contributed by atoms with Gasteiger partial charge in [0, 0.05) is 50.4 Å². The van der Waals surface area contributed by atoms with Crippen molar-refractivity contribution in [3.05, 3.63) is 60.2 Å². The third-order valence-electron chi connectivity index (χ3n) is 7.96. The zero-order valence-corrected chi connectivity index (χ0v) is 26.7.